The van der Waals surface area contributed by atoms with E-state index < -0.39 is 0 Å². The summed E-state index contributed by atoms with van der Waals surface area (Å²) in [4.78, 5) is 1.62. The van der Waals surface area contributed by atoms with Crippen LogP contribution in [0, 0.1) is 0 Å². The van der Waals surface area contributed by atoms with Gasteiger partial charge in [0, 0.05) is 0 Å². The molecule has 0 unspecified atom stereocenters. The first-order valence-corrected chi connectivity index (χ1v) is 3.21. The number of rotatable bonds is 1. The number of nitrogens with two attached hydrogens (primary N) is 1. The van der Waals surface area contributed by atoms with Gasteiger partial charge in [0.15, 0.2) is 6.73 Å². The molecule has 2 N–H and O–H groups in total. The van der Waals surface area contributed by atoms with Gasteiger partial charge in [0.05, 0.1) is 24.3 Å². The van der Waals surface area contributed by atoms with Crippen molar-refractivity contribution in [2.45, 2.75) is 0 Å². The molecular weight excluding hydrogens is 144 g/mol. The molecule has 1 aliphatic heterocycles. The molecule has 11 heavy (non-hydrogen) atoms. The van der Waals surface area contributed by atoms with E-state index in [9.17, 15) is 0 Å². The Labute approximate surface area is 63.6 Å². The maximum atomic E-state index is 5.47. The number of aromatic nitrogens is 2. The molecule has 0 fully saturated rings. The lowest BCUT2D eigenvalue weighted by atomic mass is 10.6. The maximum Gasteiger partial charge on any atom is 0.180 e. The van der Waals surface area contributed by atoms with E-state index in [4.69, 9.17) is 10.5 Å². The molecule has 2 rings (SSSR count). The minimum atomic E-state index is 0.487. The summed E-state index contributed by atoms with van der Waals surface area (Å²) in [5.74, 6) is 0. The van der Waals surface area contributed by atoms with E-state index in [-0.39, 0.29) is 0 Å². The first-order valence-electron chi connectivity index (χ1n) is 3.21. The second-order valence-corrected chi connectivity index (χ2v) is 2.21. The Bertz CT molecular complexity index is 280. The molecule has 2 heterocycles. The van der Waals surface area contributed by atoms with Crippen molar-refractivity contribution in [3.63, 3.8) is 0 Å². The molecule has 1 aromatic rings. The van der Waals surface area contributed by atoms with Gasteiger partial charge in [-0.05, 0) is 0 Å². The number of hydrogen-bond donors (Lipinski definition) is 1. The Morgan fingerprint density at radius 2 is 2.55 bits per heavy atom. The smallest absolute Gasteiger partial charge is 0.180 e. The molecule has 0 saturated heterocycles. The summed E-state index contributed by atoms with van der Waals surface area (Å²) in [7, 11) is 0. The van der Waals surface area contributed by atoms with Gasteiger partial charge in [-0.2, -0.15) is 9.89 Å². The van der Waals surface area contributed by atoms with Gasteiger partial charge in [0.2, 0.25) is 0 Å². The van der Waals surface area contributed by atoms with Gasteiger partial charge in [-0.3, -0.25) is 0 Å². The van der Waals surface area contributed by atoms with Crippen LogP contribution in [0.1, 0.15) is 0 Å². The molecule has 0 bridgehead atoms. The third kappa shape index (κ3) is 1.000. The van der Waals surface area contributed by atoms with Gasteiger partial charge in [-0.15, -0.1) is 0 Å². The van der Waals surface area contributed by atoms with Crippen molar-refractivity contribution in [3.05, 3.63) is 24.9 Å². The van der Waals surface area contributed by atoms with Crippen LogP contribution in [-0.4, -0.2) is 16.6 Å². The van der Waals surface area contributed by atoms with E-state index in [0.29, 0.717) is 12.4 Å². The third-order valence-corrected chi connectivity index (χ3v) is 1.39. The second-order valence-electron chi connectivity index (χ2n) is 2.21. The molecule has 0 amide bonds. The molecule has 1 aliphatic rings. The van der Waals surface area contributed by atoms with Crippen molar-refractivity contribution in [2.75, 3.05) is 17.5 Å². The fraction of sp³-hybridized carbons (Fsp3) is 0.167. The summed E-state index contributed by atoms with van der Waals surface area (Å²) in [6.07, 6.45) is 6.70. The molecule has 0 atom stereocenters. The van der Waals surface area contributed by atoms with Crippen molar-refractivity contribution in [2.24, 2.45) is 0 Å². The van der Waals surface area contributed by atoms with E-state index in [1.165, 1.54) is 0 Å². The Kier molecular flexibility index (Phi) is 1.21. The van der Waals surface area contributed by atoms with Crippen LogP contribution in [0.5, 0.6) is 0 Å². The fourth-order valence-electron chi connectivity index (χ4n) is 0.869. The summed E-state index contributed by atoms with van der Waals surface area (Å²) >= 11 is 0. The lowest BCUT2D eigenvalue weighted by molar-refractivity contribution is 0.261. The molecule has 0 spiro atoms. The van der Waals surface area contributed by atoms with Gasteiger partial charge < -0.3 is 10.5 Å². The quantitative estimate of drug-likeness (QED) is 0.608. The van der Waals surface area contributed by atoms with Crippen molar-refractivity contribution in [3.8, 4) is 0 Å². The first-order chi connectivity index (χ1) is 5.36. The number of nitrogen functional groups attached to an aromatic ring is 1. The molecule has 0 radical (unpaired) electrons. The molecule has 1 aromatic heterocycles. The zero-order chi connectivity index (χ0) is 7.68. The highest BCUT2D eigenvalue weighted by atomic mass is 16.5. The van der Waals surface area contributed by atoms with Gasteiger partial charge in [-0.1, -0.05) is 0 Å². The predicted molar refractivity (Wildman–Crippen MR) is 39.9 cm³/mol. The highest BCUT2D eigenvalue weighted by Gasteiger charge is 2.06. The van der Waals surface area contributed by atoms with Gasteiger partial charge in [0.25, 0.3) is 0 Å². The van der Waals surface area contributed by atoms with Crippen molar-refractivity contribution >= 4 is 5.69 Å². The zero-order valence-corrected chi connectivity index (χ0v) is 5.84. The molecule has 58 valence electrons. The molecule has 5 nitrogen and oxygen atoms in total. The topological polar surface area (TPSA) is 56.3 Å². The maximum absolute atomic E-state index is 5.47. The average Bonchev–Trinajstić information content (AvgIpc) is 2.55. The Hall–Kier alpha value is -1.65. The summed E-state index contributed by atoms with van der Waals surface area (Å²) < 4.78 is 4.96. The normalized spacial score (nSPS) is 15.5. The number of hydrogen-bond acceptors (Lipinski definition) is 4. The number of ether oxygens (including phenoxy) is 1. The van der Waals surface area contributed by atoms with Crippen LogP contribution in [0.25, 0.3) is 0 Å². The standard InChI is InChI=1S/C6H8N4O/c7-6-3-8-10(4-6)9-1-2-11-5-9/h1-4H,5,7H2. The van der Waals surface area contributed by atoms with Crippen LogP contribution in [-0.2, 0) is 4.74 Å². The zero-order valence-electron chi connectivity index (χ0n) is 5.84. The number of anilines is 1. The Morgan fingerprint density at radius 3 is 3.09 bits per heavy atom. The minimum Gasteiger partial charge on any atom is -0.477 e. The largest absolute Gasteiger partial charge is 0.477 e. The summed E-state index contributed by atoms with van der Waals surface area (Å²) in [6.45, 7) is 0.487. The van der Waals surface area contributed by atoms with E-state index in [1.807, 2.05) is 0 Å². The van der Waals surface area contributed by atoms with Crippen LogP contribution in [0.3, 0.4) is 0 Å². The fourth-order valence-corrected chi connectivity index (χ4v) is 0.869. The van der Waals surface area contributed by atoms with Crippen LogP contribution in [0.2, 0.25) is 0 Å². The van der Waals surface area contributed by atoms with Crippen LogP contribution < -0.4 is 10.7 Å². The molecular formula is C6H8N4O. The first kappa shape index (κ1) is 6.09. The SMILES string of the molecule is Nc1cnn(N2C=COC2)c1. The summed E-state index contributed by atoms with van der Waals surface area (Å²) in [5.41, 5.74) is 6.12. The van der Waals surface area contributed by atoms with Crippen molar-refractivity contribution < 1.29 is 4.74 Å². The van der Waals surface area contributed by atoms with Crippen molar-refractivity contribution in [1.29, 1.82) is 0 Å². The van der Waals surface area contributed by atoms with E-state index in [0.717, 1.165) is 0 Å². The average molecular weight is 152 g/mol. The van der Waals surface area contributed by atoms with Crippen LogP contribution >= 0.6 is 0 Å². The lowest BCUT2D eigenvalue weighted by Crippen LogP contribution is -2.27. The summed E-state index contributed by atoms with van der Waals surface area (Å²) in [5, 5.41) is 5.77. The third-order valence-electron chi connectivity index (χ3n) is 1.39. The number of nitrogens with zero attached hydrogens (tertiary/aromatic N) is 3. The highest BCUT2D eigenvalue weighted by Crippen LogP contribution is 2.03. The van der Waals surface area contributed by atoms with Crippen LogP contribution in [0.4, 0.5) is 5.69 Å². The predicted octanol–water partition coefficient (Wildman–Crippen LogP) is -0.138. The van der Waals surface area contributed by atoms with E-state index in [2.05, 4.69) is 5.10 Å². The Balaban J connectivity index is 2.22. The van der Waals surface area contributed by atoms with E-state index in [1.54, 1.807) is 34.7 Å². The van der Waals surface area contributed by atoms with Crippen LogP contribution in [0.15, 0.2) is 24.9 Å². The molecule has 0 aliphatic carbocycles. The summed E-state index contributed by atoms with van der Waals surface area (Å²) in [6, 6.07) is 0. The second kappa shape index (κ2) is 2.19. The molecule has 0 saturated carbocycles. The Morgan fingerprint density at radius 1 is 1.64 bits per heavy atom. The lowest BCUT2D eigenvalue weighted by Gasteiger charge is -2.11. The van der Waals surface area contributed by atoms with Gasteiger partial charge >= 0.3 is 0 Å². The molecule has 5 heteroatoms. The van der Waals surface area contributed by atoms with Gasteiger partial charge in [-0.25, -0.2) is 5.01 Å². The van der Waals surface area contributed by atoms with E-state index >= 15 is 0 Å². The monoisotopic (exact) mass is 152 g/mol. The van der Waals surface area contributed by atoms with Crippen molar-refractivity contribution in [1.82, 2.24) is 9.89 Å². The highest BCUT2D eigenvalue weighted by molar-refractivity contribution is 5.31. The van der Waals surface area contributed by atoms with Gasteiger partial charge in [0.1, 0.15) is 6.26 Å². The minimum absolute atomic E-state index is 0.487. The molecule has 0 aromatic carbocycles.